The Labute approximate surface area is 193 Å². The van der Waals surface area contributed by atoms with E-state index in [1.165, 1.54) is 0 Å². The molecule has 7 nitrogen and oxygen atoms in total. The Morgan fingerprint density at radius 2 is 1.75 bits per heavy atom. The van der Waals surface area contributed by atoms with Gasteiger partial charge in [-0.2, -0.15) is 0 Å². The lowest BCUT2D eigenvalue weighted by Crippen LogP contribution is -2.22. The Hall–Kier alpha value is -2.87. The summed E-state index contributed by atoms with van der Waals surface area (Å²) in [6, 6.07) is 7.54. The summed E-state index contributed by atoms with van der Waals surface area (Å²) in [4.78, 5) is 37.9. The first-order valence-corrected chi connectivity index (χ1v) is 11.3. The molecule has 0 bridgehead atoms. The van der Waals surface area contributed by atoms with E-state index in [0.717, 1.165) is 16.9 Å². The number of esters is 2. The van der Waals surface area contributed by atoms with Gasteiger partial charge < -0.3 is 19.5 Å². The molecule has 0 aliphatic rings. The van der Waals surface area contributed by atoms with Gasteiger partial charge in [-0.05, 0) is 50.3 Å². The van der Waals surface area contributed by atoms with E-state index in [9.17, 15) is 14.4 Å². The second-order valence-electron chi connectivity index (χ2n) is 8.52. The molecule has 1 N–H and O–H groups in total. The van der Waals surface area contributed by atoms with E-state index in [-0.39, 0.29) is 40.2 Å². The minimum absolute atomic E-state index is 0.149. The SMILES string of the molecule is CCOC(=O)c1c(NC(=O)COc2ccccc2C(C)(C)C)sc(C(=O)OC(C)C)c1C. The van der Waals surface area contributed by atoms with Crippen molar-refractivity contribution in [3.63, 3.8) is 0 Å². The van der Waals surface area contributed by atoms with Crippen LogP contribution in [0.4, 0.5) is 5.00 Å². The van der Waals surface area contributed by atoms with E-state index in [0.29, 0.717) is 11.3 Å². The standard InChI is InChI=1S/C24H31NO6S/c1-8-29-22(27)19-15(4)20(23(28)31-14(2)3)32-21(19)25-18(26)13-30-17-12-10-9-11-16(17)24(5,6)7/h9-12,14H,8,13H2,1-7H3,(H,25,26). The number of thiophene rings is 1. The Bertz CT molecular complexity index is 987. The Morgan fingerprint density at radius 3 is 2.34 bits per heavy atom. The van der Waals surface area contributed by atoms with Crippen LogP contribution in [0, 0.1) is 6.92 Å². The van der Waals surface area contributed by atoms with E-state index in [4.69, 9.17) is 14.2 Å². The smallest absolute Gasteiger partial charge is 0.348 e. The number of benzene rings is 1. The number of rotatable bonds is 8. The van der Waals surface area contributed by atoms with Gasteiger partial charge in [0.2, 0.25) is 0 Å². The molecule has 0 spiro atoms. The van der Waals surface area contributed by atoms with Crippen molar-refractivity contribution in [2.75, 3.05) is 18.5 Å². The maximum absolute atomic E-state index is 12.6. The van der Waals surface area contributed by atoms with Crippen LogP contribution in [0.5, 0.6) is 5.75 Å². The Kier molecular flexibility index (Phi) is 8.44. The van der Waals surface area contributed by atoms with Gasteiger partial charge in [0, 0.05) is 0 Å². The second kappa shape index (κ2) is 10.6. The van der Waals surface area contributed by atoms with Gasteiger partial charge >= 0.3 is 11.9 Å². The number of amides is 1. The summed E-state index contributed by atoms with van der Waals surface area (Å²) < 4.78 is 16.2. The average molecular weight is 462 g/mol. The normalized spacial score (nSPS) is 11.2. The van der Waals surface area contributed by atoms with Crippen molar-refractivity contribution in [1.29, 1.82) is 0 Å². The maximum Gasteiger partial charge on any atom is 0.348 e. The van der Waals surface area contributed by atoms with Crippen LogP contribution in [0.3, 0.4) is 0 Å². The highest BCUT2D eigenvalue weighted by atomic mass is 32.1. The summed E-state index contributed by atoms with van der Waals surface area (Å²) in [5, 5.41) is 2.92. The van der Waals surface area contributed by atoms with Gasteiger partial charge in [0.1, 0.15) is 15.6 Å². The highest BCUT2D eigenvalue weighted by molar-refractivity contribution is 7.18. The number of ether oxygens (including phenoxy) is 3. The van der Waals surface area contributed by atoms with E-state index < -0.39 is 17.8 Å². The number of anilines is 1. The second-order valence-corrected chi connectivity index (χ2v) is 9.54. The van der Waals surface area contributed by atoms with Crippen LogP contribution < -0.4 is 10.1 Å². The number of para-hydroxylation sites is 1. The molecule has 0 saturated carbocycles. The van der Waals surface area contributed by atoms with Crippen LogP contribution in [-0.2, 0) is 19.7 Å². The van der Waals surface area contributed by atoms with Crippen LogP contribution >= 0.6 is 11.3 Å². The molecule has 32 heavy (non-hydrogen) atoms. The average Bonchev–Trinajstić information content (AvgIpc) is 3.01. The zero-order valence-electron chi connectivity index (χ0n) is 19.7. The third-order valence-electron chi connectivity index (χ3n) is 4.46. The maximum atomic E-state index is 12.6. The molecule has 0 radical (unpaired) electrons. The summed E-state index contributed by atoms with van der Waals surface area (Å²) >= 11 is 0.985. The van der Waals surface area contributed by atoms with Gasteiger partial charge in [-0.25, -0.2) is 9.59 Å². The summed E-state index contributed by atoms with van der Waals surface area (Å²) in [7, 11) is 0. The molecule has 0 saturated heterocycles. The quantitative estimate of drug-likeness (QED) is 0.549. The van der Waals surface area contributed by atoms with Crippen molar-refractivity contribution in [1.82, 2.24) is 0 Å². The zero-order chi connectivity index (χ0) is 24.1. The molecular formula is C24H31NO6S. The van der Waals surface area contributed by atoms with Gasteiger partial charge in [0.15, 0.2) is 6.61 Å². The Morgan fingerprint density at radius 1 is 1.09 bits per heavy atom. The summed E-state index contributed by atoms with van der Waals surface area (Å²) in [6.45, 7) is 12.9. The largest absolute Gasteiger partial charge is 0.483 e. The highest BCUT2D eigenvalue weighted by Crippen LogP contribution is 2.35. The lowest BCUT2D eigenvalue weighted by molar-refractivity contribution is -0.118. The zero-order valence-corrected chi connectivity index (χ0v) is 20.5. The fraction of sp³-hybridized carbons (Fsp3) is 0.458. The molecule has 8 heteroatoms. The molecule has 1 aromatic carbocycles. The first kappa shape index (κ1) is 25.4. The fourth-order valence-electron chi connectivity index (χ4n) is 3.03. The molecule has 0 atom stereocenters. The fourth-order valence-corrected chi connectivity index (χ4v) is 4.13. The third-order valence-corrected chi connectivity index (χ3v) is 5.65. The van der Waals surface area contributed by atoms with Crippen LogP contribution in [0.15, 0.2) is 24.3 Å². The number of carbonyl (C=O) groups excluding carboxylic acids is 3. The van der Waals surface area contributed by atoms with Crippen molar-refractivity contribution >= 4 is 34.2 Å². The number of hydrogen-bond donors (Lipinski definition) is 1. The molecular weight excluding hydrogens is 430 g/mol. The molecule has 1 heterocycles. The monoisotopic (exact) mass is 461 g/mol. The molecule has 0 aliphatic carbocycles. The lowest BCUT2D eigenvalue weighted by atomic mass is 9.86. The topological polar surface area (TPSA) is 90.9 Å². The number of carbonyl (C=O) groups is 3. The predicted octanol–water partition coefficient (Wildman–Crippen LogP) is 5.11. The van der Waals surface area contributed by atoms with Gasteiger partial charge in [-0.3, -0.25) is 4.79 Å². The minimum atomic E-state index is -0.612. The molecule has 0 fully saturated rings. The summed E-state index contributed by atoms with van der Waals surface area (Å²) in [5.41, 5.74) is 1.39. The van der Waals surface area contributed by atoms with Gasteiger partial charge in [0.25, 0.3) is 5.91 Å². The first-order valence-electron chi connectivity index (χ1n) is 10.5. The molecule has 1 aromatic heterocycles. The van der Waals surface area contributed by atoms with Crippen molar-refractivity contribution in [2.45, 2.75) is 60.0 Å². The van der Waals surface area contributed by atoms with E-state index >= 15 is 0 Å². The van der Waals surface area contributed by atoms with Crippen molar-refractivity contribution < 1.29 is 28.6 Å². The number of nitrogens with one attached hydrogen (secondary N) is 1. The van der Waals surface area contributed by atoms with Crippen molar-refractivity contribution in [3.05, 3.63) is 45.8 Å². The highest BCUT2D eigenvalue weighted by Gasteiger charge is 2.28. The molecule has 2 rings (SSSR count). The van der Waals surface area contributed by atoms with Gasteiger partial charge in [0.05, 0.1) is 18.3 Å². The van der Waals surface area contributed by atoms with Crippen molar-refractivity contribution in [2.24, 2.45) is 0 Å². The molecule has 0 unspecified atom stereocenters. The Balaban J connectivity index is 2.25. The van der Waals surface area contributed by atoms with Gasteiger partial charge in [-0.1, -0.05) is 39.0 Å². The molecule has 2 aromatic rings. The van der Waals surface area contributed by atoms with E-state index in [2.05, 4.69) is 26.1 Å². The number of hydrogen-bond acceptors (Lipinski definition) is 7. The van der Waals surface area contributed by atoms with Crippen LogP contribution in [0.25, 0.3) is 0 Å². The minimum Gasteiger partial charge on any atom is -0.483 e. The summed E-state index contributed by atoms with van der Waals surface area (Å²) in [5.74, 6) is -1.00. The van der Waals surface area contributed by atoms with Crippen molar-refractivity contribution in [3.8, 4) is 5.75 Å². The van der Waals surface area contributed by atoms with E-state index in [1.54, 1.807) is 27.7 Å². The van der Waals surface area contributed by atoms with Crippen LogP contribution in [0.1, 0.15) is 72.7 Å². The molecule has 1 amide bonds. The lowest BCUT2D eigenvalue weighted by Gasteiger charge is -2.22. The predicted molar refractivity (Wildman–Crippen MR) is 125 cm³/mol. The first-order chi connectivity index (χ1) is 15.0. The summed E-state index contributed by atoms with van der Waals surface area (Å²) in [6.07, 6.45) is -0.315. The third kappa shape index (κ3) is 6.32. The molecule has 0 aliphatic heterocycles. The van der Waals surface area contributed by atoms with Gasteiger partial charge in [-0.15, -0.1) is 11.3 Å². The van der Waals surface area contributed by atoms with E-state index in [1.807, 2.05) is 24.3 Å². The van der Waals surface area contributed by atoms with Crippen LogP contribution in [0.2, 0.25) is 0 Å². The van der Waals surface area contributed by atoms with Crippen LogP contribution in [-0.4, -0.2) is 37.2 Å². The molecule has 174 valence electrons.